The molecule has 0 bridgehead atoms. The Hall–Kier alpha value is -5.46. The molecule has 4 aromatic rings. The molecule has 45 heavy (non-hydrogen) atoms. The predicted molar refractivity (Wildman–Crippen MR) is 164 cm³/mol. The SMILES string of the molecule is O=C(NCCc1ccc(O)c(O)c1)c1cc(CONCCc2ccc(O)c(O)c2)cc(C(=O)NCCc2ccc(O)c(O)c2)c1. The maximum Gasteiger partial charge on any atom is 0.251 e. The third-order valence-electron chi connectivity index (χ3n) is 6.89. The molecule has 0 atom stereocenters. The average Bonchev–Trinajstić information content (AvgIpc) is 3.02. The van der Waals surface area contributed by atoms with Crippen molar-refractivity contribution in [3.8, 4) is 34.5 Å². The van der Waals surface area contributed by atoms with Crippen molar-refractivity contribution in [2.24, 2.45) is 0 Å². The van der Waals surface area contributed by atoms with E-state index in [4.69, 9.17) is 4.84 Å². The number of aromatic hydroxyl groups is 6. The van der Waals surface area contributed by atoms with Crippen LogP contribution in [0.3, 0.4) is 0 Å². The molecule has 4 aromatic carbocycles. The van der Waals surface area contributed by atoms with Gasteiger partial charge in [0.05, 0.1) is 6.61 Å². The predicted octanol–water partition coefficient (Wildman–Crippen LogP) is 3.13. The van der Waals surface area contributed by atoms with Crippen LogP contribution in [0.4, 0.5) is 0 Å². The maximum absolute atomic E-state index is 13.1. The molecule has 236 valence electrons. The first-order chi connectivity index (χ1) is 21.6. The average molecular weight is 618 g/mol. The molecule has 0 unspecified atom stereocenters. The van der Waals surface area contributed by atoms with E-state index in [1.807, 2.05) is 0 Å². The highest BCUT2D eigenvalue weighted by molar-refractivity contribution is 6.00. The smallest absolute Gasteiger partial charge is 0.251 e. The van der Waals surface area contributed by atoms with Crippen LogP contribution in [0, 0.1) is 0 Å². The minimum atomic E-state index is -0.423. The molecule has 0 saturated carbocycles. The van der Waals surface area contributed by atoms with E-state index in [-0.39, 0.29) is 65.3 Å². The number of phenolic OH excluding ortho intramolecular Hbond substituents is 6. The van der Waals surface area contributed by atoms with Crippen molar-refractivity contribution in [1.82, 2.24) is 16.1 Å². The molecule has 9 N–H and O–H groups in total. The molecule has 0 aliphatic carbocycles. The van der Waals surface area contributed by atoms with Crippen molar-refractivity contribution >= 4 is 11.8 Å². The second kappa shape index (κ2) is 15.3. The third-order valence-corrected chi connectivity index (χ3v) is 6.89. The van der Waals surface area contributed by atoms with Crippen molar-refractivity contribution in [2.75, 3.05) is 19.6 Å². The van der Waals surface area contributed by atoms with Gasteiger partial charge in [0.1, 0.15) is 0 Å². The van der Waals surface area contributed by atoms with Gasteiger partial charge in [-0.05, 0) is 96.1 Å². The molecule has 2 amide bonds. The fraction of sp³-hybridized carbons (Fsp3) is 0.212. The molecule has 0 spiro atoms. The summed E-state index contributed by atoms with van der Waals surface area (Å²) in [6, 6.07) is 18.1. The fourth-order valence-corrected chi connectivity index (χ4v) is 4.46. The first-order valence-electron chi connectivity index (χ1n) is 14.2. The molecule has 0 radical (unpaired) electrons. The van der Waals surface area contributed by atoms with Gasteiger partial charge < -0.3 is 41.3 Å². The first-order valence-corrected chi connectivity index (χ1v) is 14.2. The topological polar surface area (TPSA) is 201 Å². The number of carbonyl (C=O) groups excluding carboxylic acids is 2. The molecule has 0 fully saturated rings. The Morgan fingerprint density at radius 1 is 0.489 bits per heavy atom. The van der Waals surface area contributed by atoms with Crippen LogP contribution in [0.5, 0.6) is 34.5 Å². The van der Waals surface area contributed by atoms with Crippen molar-refractivity contribution in [3.05, 3.63) is 106 Å². The zero-order valence-corrected chi connectivity index (χ0v) is 24.3. The Bertz CT molecular complexity index is 1570. The number of carbonyl (C=O) groups is 2. The summed E-state index contributed by atoms with van der Waals surface area (Å²) in [5, 5.41) is 63.1. The summed E-state index contributed by atoms with van der Waals surface area (Å²) < 4.78 is 0. The minimum absolute atomic E-state index is 0.0296. The van der Waals surface area contributed by atoms with Gasteiger partial charge in [-0.3, -0.25) is 14.4 Å². The quantitative estimate of drug-likeness (QED) is 0.0575. The van der Waals surface area contributed by atoms with Gasteiger partial charge in [0.15, 0.2) is 34.5 Å². The number of phenols is 6. The molecule has 0 aliphatic heterocycles. The van der Waals surface area contributed by atoms with Crippen LogP contribution in [-0.4, -0.2) is 62.1 Å². The molecule has 4 rings (SSSR count). The molecular weight excluding hydrogens is 582 g/mol. The largest absolute Gasteiger partial charge is 0.504 e. The number of benzene rings is 4. The van der Waals surface area contributed by atoms with E-state index in [2.05, 4.69) is 16.1 Å². The number of nitrogens with one attached hydrogen (secondary N) is 3. The molecule has 0 heterocycles. The van der Waals surface area contributed by atoms with E-state index in [0.29, 0.717) is 42.5 Å². The van der Waals surface area contributed by atoms with Gasteiger partial charge in [-0.2, -0.15) is 0 Å². The Morgan fingerprint density at radius 2 is 0.889 bits per heavy atom. The van der Waals surface area contributed by atoms with Gasteiger partial charge in [0, 0.05) is 30.8 Å². The monoisotopic (exact) mass is 617 g/mol. The van der Waals surface area contributed by atoms with Crippen molar-refractivity contribution in [1.29, 1.82) is 0 Å². The lowest BCUT2D eigenvalue weighted by Crippen LogP contribution is -2.28. The summed E-state index contributed by atoms with van der Waals surface area (Å²) in [5.74, 6) is -2.23. The minimum Gasteiger partial charge on any atom is -0.504 e. The van der Waals surface area contributed by atoms with Crippen LogP contribution in [0.2, 0.25) is 0 Å². The Labute approximate surface area is 259 Å². The molecule has 0 aliphatic rings. The zero-order chi connectivity index (χ0) is 32.3. The second-order valence-electron chi connectivity index (χ2n) is 10.3. The fourth-order valence-electron chi connectivity index (χ4n) is 4.46. The van der Waals surface area contributed by atoms with E-state index in [9.17, 15) is 40.2 Å². The van der Waals surface area contributed by atoms with Crippen LogP contribution in [0.1, 0.15) is 43.0 Å². The molecule has 0 saturated heterocycles. The molecule has 12 nitrogen and oxygen atoms in total. The third kappa shape index (κ3) is 9.51. The Balaban J connectivity index is 1.38. The van der Waals surface area contributed by atoms with Gasteiger partial charge in [0.25, 0.3) is 11.8 Å². The van der Waals surface area contributed by atoms with Gasteiger partial charge in [0.2, 0.25) is 0 Å². The first kappa shape index (κ1) is 32.5. The van der Waals surface area contributed by atoms with Crippen molar-refractivity contribution in [3.63, 3.8) is 0 Å². The van der Waals surface area contributed by atoms with E-state index in [1.54, 1.807) is 30.3 Å². The molecule has 12 heteroatoms. The van der Waals surface area contributed by atoms with Crippen LogP contribution in [0.25, 0.3) is 0 Å². The zero-order valence-electron chi connectivity index (χ0n) is 24.3. The van der Waals surface area contributed by atoms with Gasteiger partial charge in [-0.15, -0.1) is 0 Å². The highest BCUT2D eigenvalue weighted by Gasteiger charge is 2.14. The lowest BCUT2D eigenvalue weighted by Gasteiger charge is -2.12. The number of hydrogen-bond donors (Lipinski definition) is 9. The van der Waals surface area contributed by atoms with Gasteiger partial charge in [-0.1, -0.05) is 18.2 Å². The summed E-state index contributed by atoms with van der Waals surface area (Å²) in [5.41, 5.74) is 6.04. The second-order valence-corrected chi connectivity index (χ2v) is 10.3. The summed E-state index contributed by atoms with van der Waals surface area (Å²) in [6.07, 6.45) is 1.29. The lowest BCUT2D eigenvalue weighted by molar-refractivity contribution is 0.0288. The van der Waals surface area contributed by atoms with Crippen LogP contribution >= 0.6 is 0 Å². The van der Waals surface area contributed by atoms with Crippen LogP contribution in [-0.2, 0) is 30.7 Å². The Kier molecular flexibility index (Phi) is 11.0. The standard InChI is InChI=1S/C33H35N3O9/c37-26-4-1-20(15-29(26)40)7-10-34-32(43)24-13-23(19-45-36-12-9-22-3-6-28(39)31(42)17-22)14-25(18-24)33(44)35-11-8-21-2-5-27(38)30(41)16-21/h1-6,13-18,36-42H,7-12,19H2,(H,34,43)(H,35,44). The van der Waals surface area contributed by atoms with Crippen molar-refractivity contribution < 1.29 is 45.1 Å². The van der Waals surface area contributed by atoms with Gasteiger partial charge >= 0.3 is 0 Å². The highest BCUT2D eigenvalue weighted by atomic mass is 16.6. The van der Waals surface area contributed by atoms with E-state index < -0.39 is 11.8 Å². The summed E-state index contributed by atoms with van der Waals surface area (Å²) in [6.45, 7) is 0.886. The van der Waals surface area contributed by atoms with E-state index in [1.165, 1.54) is 42.5 Å². The maximum atomic E-state index is 13.1. The summed E-state index contributed by atoms with van der Waals surface area (Å²) >= 11 is 0. The molecular formula is C33H35N3O9. The van der Waals surface area contributed by atoms with Gasteiger partial charge in [-0.25, -0.2) is 5.48 Å². The molecule has 0 aromatic heterocycles. The van der Waals surface area contributed by atoms with Crippen LogP contribution in [0.15, 0.2) is 72.8 Å². The number of rotatable bonds is 14. The normalized spacial score (nSPS) is 10.8. The number of hydroxylamine groups is 1. The summed E-state index contributed by atoms with van der Waals surface area (Å²) in [7, 11) is 0. The Morgan fingerprint density at radius 3 is 1.29 bits per heavy atom. The van der Waals surface area contributed by atoms with Crippen LogP contribution < -0.4 is 16.1 Å². The lowest BCUT2D eigenvalue weighted by atomic mass is 10.0. The number of amides is 2. The number of hydrogen-bond acceptors (Lipinski definition) is 10. The van der Waals surface area contributed by atoms with E-state index >= 15 is 0 Å². The van der Waals surface area contributed by atoms with E-state index in [0.717, 1.165) is 5.56 Å². The highest BCUT2D eigenvalue weighted by Crippen LogP contribution is 2.26. The van der Waals surface area contributed by atoms with Crippen molar-refractivity contribution in [2.45, 2.75) is 25.9 Å². The summed E-state index contributed by atoms with van der Waals surface area (Å²) in [4.78, 5) is 31.7.